The SMILES string of the molecule is COCC1C[C@@H](c2ncc(-c3ccc4c(c3)COc3cc5c(ccc6[nH]c([C@@H]7CCC(C)N7C(=O)[C@@H](NC(=O)O)C(C)C)nc65)cc3-4)[nH]2)N(C(=O)[C@@H](NC(=O)OC)C2CCOCC2)C1. The highest BCUT2D eigenvalue weighted by molar-refractivity contribution is 6.07. The van der Waals surface area contributed by atoms with E-state index >= 15 is 0 Å². The predicted octanol–water partition coefficient (Wildman–Crippen LogP) is 6.70. The molecule has 64 heavy (non-hydrogen) atoms. The zero-order chi connectivity index (χ0) is 44.8. The Morgan fingerprint density at radius 3 is 2.50 bits per heavy atom. The van der Waals surface area contributed by atoms with Crippen LogP contribution in [-0.2, 0) is 30.4 Å². The topological polar surface area (TPSA) is 213 Å². The van der Waals surface area contributed by atoms with E-state index in [0.29, 0.717) is 70.3 Å². The summed E-state index contributed by atoms with van der Waals surface area (Å²) in [6.45, 7) is 8.04. The van der Waals surface area contributed by atoms with Gasteiger partial charge in [0.2, 0.25) is 11.8 Å². The first kappa shape index (κ1) is 43.1. The molecule has 0 saturated carbocycles. The molecular weight excluding hydrogens is 821 g/mol. The fourth-order valence-electron chi connectivity index (χ4n) is 10.3. The number of alkyl carbamates (subject to hydrolysis) is 1. The highest BCUT2D eigenvalue weighted by atomic mass is 16.5. The number of carboxylic acid groups (broad SMARTS) is 1. The minimum absolute atomic E-state index is 0.0729. The summed E-state index contributed by atoms with van der Waals surface area (Å²) in [5.74, 6) is 1.46. The van der Waals surface area contributed by atoms with Crippen LogP contribution in [0.4, 0.5) is 9.59 Å². The van der Waals surface area contributed by atoms with Gasteiger partial charge in [0, 0.05) is 49.8 Å². The number of hydrogen-bond donors (Lipinski definition) is 5. The van der Waals surface area contributed by atoms with Crippen LogP contribution in [0.1, 0.15) is 82.2 Å². The molecular formula is C47H56N8O9. The number of H-pyrrole nitrogens is 2. The number of carbonyl (C=O) groups excluding carboxylic acids is 3. The third-order valence-corrected chi connectivity index (χ3v) is 13.6. The molecule has 0 aliphatic carbocycles. The number of hydrogen-bond acceptors (Lipinski definition) is 10. The molecule has 4 aliphatic rings. The summed E-state index contributed by atoms with van der Waals surface area (Å²) in [5, 5.41) is 16.6. The van der Waals surface area contributed by atoms with Gasteiger partial charge in [-0.1, -0.05) is 32.0 Å². The van der Waals surface area contributed by atoms with E-state index in [1.165, 1.54) is 7.11 Å². The van der Waals surface area contributed by atoms with Gasteiger partial charge in [-0.25, -0.2) is 19.6 Å². The zero-order valence-corrected chi connectivity index (χ0v) is 36.8. The molecule has 2 unspecified atom stereocenters. The van der Waals surface area contributed by atoms with Crippen LogP contribution in [0.2, 0.25) is 0 Å². The lowest BCUT2D eigenvalue weighted by Gasteiger charge is -2.34. The summed E-state index contributed by atoms with van der Waals surface area (Å²) in [6, 6.07) is 12.2. The number of likely N-dealkylation sites (tertiary alicyclic amines) is 2. The monoisotopic (exact) mass is 876 g/mol. The Hall–Kier alpha value is -6.20. The van der Waals surface area contributed by atoms with Gasteiger partial charge < -0.3 is 54.5 Å². The number of amides is 4. The Kier molecular flexibility index (Phi) is 11.9. The van der Waals surface area contributed by atoms with Crippen molar-refractivity contribution in [1.82, 2.24) is 40.4 Å². The molecule has 4 amide bonds. The number of fused-ring (bicyclic) bond motifs is 6. The van der Waals surface area contributed by atoms with E-state index in [-0.39, 0.29) is 47.7 Å². The smallest absolute Gasteiger partial charge is 0.407 e. The van der Waals surface area contributed by atoms with Crippen molar-refractivity contribution in [2.75, 3.05) is 40.6 Å². The number of imidazole rings is 2. The van der Waals surface area contributed by atoms with E-state index in [9.17, 15) is 24.3 Å². The third kappa shape index (κ3) is 8.10. The number of benzene rings is 3. The third-order valence-electron chi connectivity index (χ3n) is 13.6. The molecule has 3 saturated heterocycles. The van der Waals surface area contributed by atoms with Gasteiger partial charge in [0.25, 0.3) is 0 Å². The molecule has 5 N–H and O–H groups in total. The molecule has 3 fully saturated rings. The van der Waals surface area contributed by atoms with E-state index in [1.54, 1.807) is 18.2 Å². The molecule has 2 aromatic heterocycles. The lowest BCUT2D eigenvalue weighted by atomic mass is 9.90. The summed E-state index contributed by atoms with van der Waals surface area (Å²) in [5.41, 5.74) is 6.41. The van der Waals surface area contributed by atoms with Crippen LogP contribution < -0.4 is 15.4 Å². The Morgan fingerprint density at radius 2 is 1.75 bits per heavy atom. The molecule has 6 heterocycles. The number of aromatic amines is 2. The first-order chi connectivity index (χ1) is 30.9. The van der Waals surface area contributed by atoms with Gasteiger partial charge in [-0.2, -0.15) is 0 Å². The highest BCUT2D eigenvalue weighted by Gasteiger charge is 2.44. The van der Waals surface area contributed by atoms with Crippen molar-refractivity contribution in [2.45, 2.75) is 89.7 Å². The lowest BCUT2D eigenvalue weighted by molar-refractivity contribution is -0.138. The van der Waals surface area contributed by atoms with Crippen LogP contribution >= 0.6 is 0 Å². The van der Waals surface area contributed by atoms with Crippen molar-refractivity contribution in [3.8, 4) is 28.1 Å². The minimum atomic E-state index is -1.22. The van der Waals surface area contributed by atoms with E-state index in [4.69, 9.17) is 28.9 Å². The number of methoxy groups -OCH3 is 2. The van der Waals surface area contributed by atoms with Crippen molar-refractivity contribution in [3.05, 3.63) is 65.9 Å². The fourth-order valence-corrected chi connectivity index (χ4v) is 10.3. The Bertz CT molecular complexity index is 2580. The maximum absolute atomic E-state index is 14.4. The molecule has 0 spiro atoms. The molecule has 5 aromatic rings. The average Bonchev–Trinajstić information content (AvgIpc) is 4.12. The first-order valence-electron chi connectivity index (χ1n) is 22.2. The summed E-state index contributed by atoms with van der Waals surface area (Å²) >= 11 is 0. The van der Waals surface area contributed by atoms with Gasteiger partial charge in [-0.3, -0.25) is 9.59 Å². The second-order valence-electron chi connectivity index (χ2n) is 18.0. The van der Waals surface area contributed by atoms with Crippen molar-refractivity contribution in [3.63, 3.8) is 0 Å². The number of carbonyl (C=O) groups is 4. The molecule has 4 aliphatic heterocycles. The van der Waals surface area contributed by atoms with Crippen LogP contribution in [0.3, 0.4) is 0 Å². The fraction of sp³-hybridized carbons (Fsp3) is 0.489. The van der Waals surface area contributed by atoms with Gasteiger partial charge in [0.05, 0.1) is 48.7 Å². The Balaban J connectivity index is 0.970. The number of nitrogens with one attached hydrogen (secondary N) is 4. The van der Waals surface area contributed by atoms with E-state index in [2.05, 4.69) is 50.9 Å². The second-order valence-corrected chi connectivity index (χ2v) is 18.0. The van der Waals surface area contributed by atoms with Crippen LogP contribution in [0.25, 0.3) is 44.2 Å². The van der Waals surface area contributed by atoms with Crippen LogP contribution in [0.15, 0.2) is 48.7 Å². The average molecular weight is 877 g/mol. The molecule has 0 bridgehead atoms. The van der Waals surface area contributed by atoms with Crippen molar-refractivity contribution < 1.29 is 43.2 Å². The normalized spacial score (nSPS) is 22.0. The quantitative estimate of drug-likeness (QED) is 0.0942. The largest absolute Gasteiger partial charge is 0.488 e. The molecule has 338 valence electrons. The van der Waals surface area contributed by atoms with Crippen molar-refractivity contribution in [1.29, 1.82) is 0 Å². The summed E-state index contributed by atoms with van der Waals surface area (Å²) in [6.07, 6.45) is 3.39. The minimum Gasteiger partial charge on any atom is -0.488 e. The highest BCUT2D eigenvalue weighted by Crippen LogP contribution is 2.44. The van der Waals surface area contributed by atoms with Crippen molar-refractivity contribution in [2.24, 2.45) is 17.8 Å². The molecule has 3 aromatic carbocycles. The number of aromatic nitrogens is 4. The van der Waals surface area contributed by atoms with Gasteiger partial charge in [-0.15, -0.1) is 0 Å². The molecule has 6 atom stereocenters. The summed E-state index contributed by atoms with van der Waals surface area (Å²) in [7, 11) is 2.96. The number of rotatable bonds is 11. The van der Waals surface area contributed by atoms with Crippen LogP contribution in [0.5, 0.6) is 5.75 Å². The first-order valence-corrected chi connectivity index (χ1v) is 22.2. The molecule has 17 heteroatoms. The number of nitrogens with zero attached hydrogens (tertiary/aromatic N) is 4. The molecule has 9 rings (SSSR count). The Labute approximate surface area is 370 Å². The zero-order valence-electron chi connectivity index (χ0n) is 36.8. The lowest BCUT2D eigenvalue weighted by Crippen LogP contribution is -2.53. The second kappa shape index (κ2) is 17.8. The molecule has 0 radical (unpaired) electrons. The van der Waals surface area contributed by atoms with Gasteiger partial charge in [0.15, 0.2) is 0 Å². The van der Waals surface area contributed by atoms with Gasteiger partial charge >= 0.3 is 12.2 Å². The van der Waals surface area contributed by atoms with E-state index < -0.39 is 24.3 Å². The maximum atomic E-state index is 14.4. The number of ether oxygens (including phenoxy) is 4. The standard InChI is InChI=1S/C47H56N8O9/c1-24(2)39(52-46(58)59)45(57)55-25(3)6-11-36(55)43-49-34-10-8-28-18-33-31-9-7-29(17-30(31)23-64-38(33)19-32(28)41(34)51-43)35-20-48-42(50-35)37-16-26(22-61-4)21-54(37)44(56)40(53-47(60)62-5)27-12-14-63-15-13-27/h7-10,17-20,24-27,36-37,39-40,52H,6,11-16,21-23H2,1-5H3,(H,48,50)(H,49,51)(H,53,60)(H,58,59)/t25?,26?,36-,37-,39-,40-/m0/s1. The predicted molar refractivity (Wildman–Crippen MR) is 236 cm³/mol. The Morgan fingerprint density at radius 1 is 0.938 bits per heavy atom. The van der Waals surface area contributed by atoms with Gasteiger partial charge in [0.1, 0.15) is 36.1 Å². The van der Waals surface area contributed by atoms with Crippen LogP contribution in [-0.4, -0.2) is 118 Å². The summed E-state index contributed by atoms with van der Waals surface area (Å²) < 4.78 is 22.5. The van der Waals surface area contributed by atoms with E-state index in [0.717, 1.165) is 61.9 Å². The van der Waals surface area contributed by atoms with Crippen LogP contribution in [0, 0.1) is 17.8 Å². The molecule has 17 nitrogen and oxygen atoms in total. The summed E-state index contributed by atoms with van der Waals surface area (Å²) in [4.78, 5) is 72.8. The van der Waals surface area contributed by atoms with Gasteiger partial charge in [-0.05, 0) is 97.2 Å². The maximum Gasteiger partial charge on any atom is 0.407 e. The van der Waals surface area contributed by atoms with Crippen molar-refractivity contribution >= 4 is 45.8 Å². The van der Waals surface area contributed by atoms with E-state index in [1.807, 2.05) is 37.8 Å².